The van der Waals surface area contributed by atoms with Crippen molar-refractivity contribution in [3.8, 4) is 5.75 Å². The van der Waals surface area contributed by atoms with Gasteiger partial charge < -0.3 is 19.6 Å². The third kappa shape index (κ3) is 3.52. The zero-order valence-corrected chi connectivity index (χ0v) is 13.4. The fourth-order valence-electron chi connectivity index (χ4n) is 2.55. The SMILES string of the molecule is COc1ccc(C(O)CNCc2cnc3cc(C)ccn23)cc1. The number of aliphatic hydroxyl groups excluding tert-OH is 1. The van der Waals surface area contributed by atoms with Gasteiger partial charge in [-0.05, 0) is 42.3 Å². The Balaban J connectivity index is 1.59. The minimum atomic E-state index is -0.553. The monoisotopic (exact) mass is 311 g/mol. The van der Waals surface area contributed by atoms with E-state index < -0.39 is 6.10 Å². The van der Waals surface area contributed by atoms with E-state index >= 15 is 0 Å². The molecule has 1 aromatic carbocycles. The van der Waals surface area contributed by atoms with Crippen LogP contribution in [0.4, 0.5) is 0 Å². The molecule has 0 bridgehead atoms. The van der Waals surface area contributed by atoms with Crippen molar-refractivity contribution in [1.29, 1.82) is 0 Å². The number of aliphatic hydroxyl groups is 1. The van der Waals surface area contributed by atoms with Crippen LogP contribution in [0.2, 0.25) is 0 Å². The van der Waals surface area contributed by atoms with Crippen molar-refractivity contribution in [1.82, 2.24) is 14.7 Å². The van der Waals surface area contributed by atoms with Crippen molar-refractivity contribution in [2.45, 2.75) is 19.6 Å². The predicted octanol–water partition coefficient (Wildman–Crippen LogP) is 2.47. The number of fused-ring (bicyclic) bond motifs is 1. The number of nitrogens with zero attached hydrogens (tertiary/aromatic N) is 2. The first-order chi connectivity index (χ1) is 11.2. The molecule has 5 heteroatoms. The Morgan fingerprint density at radius 3 is 2.78 bits per heavy atom. The van der Waals surface area contributed by atoms with Gasteiger partial charge in [-0.25, -0.2) is 4.98 Å². The minimum absolute atomic E-state index is 0.478. The van der Waals surface area contributed by atoms with Crippen LogP contribution in [0.5, 0.6) is 5.75 Å². The Hall–Kier alpha value is -2.37. The van der Waals surface area contributed by atoms with Gasteiger partial charge in [-0.15, -0.1) is 0 Å². The average Bonchev–Trinajstić information content (AvgIpc) is 2.97. The standard InChI is InChI=1S/C18H21N3O2/c1-13-7-8-21-15(11-20-18(21)9-13)10-19-12-17(22)14-3-5-16(23-2)6-4-14/h3-9,11,17,19,22H,10,12H2,1-2H3. The first-order valence-corrected chi connectivity index (χ1v) is 7.62. The van der Waals surface area contributed by atoms with Crippen LogP contribution in [-0.4, -0.2) is 28.1 Å². The van der Waals surface area contributed by atoms with Gasteiger partial charge in [0.1, 0.15) is 11.4 Å². The van der Waals surface area contributed by atoms with Gasteiger partial charge in [0.15, 0.2) is 0 Å². The van der Waals surface area contributed by atoms with Crippen LogP contribution in [-0.2, 0) is 6.54 Å². The maximum absolute atomic E-state index is 10.2. The third-order valence-corrected chi connectivity index (χ3v) is 3.89. The second-order valence-electron chi connectivity index (χ2n) is 5.60. The molecule has 0 saturated heterocycles. The minimum Gasteiger partial charge on any atom is -0.497 e. The second kappa shape index (κ2) is 6.81. The number of benzene rings is 1. The quantitative estimate of drug-likeness (QED) is 0.734. The molecule has 23 heavy (non-hydrogen) atoms. The van der Waals surface area contributed by atoms with E-state index in [0.717, 1.165) is 22.7 Å². The fourth-order valence-corrected chi connectivity index (χ4v) is 2.55. The van der Waals surface area contributed by atoms with Crippen molar-refractivity contribution >= 4 is 5.65 Å². The molecule has 0 radical (unpaired) electrons. The van der Waals surface area contributed by atoms with Crippen LogP contribution in [0.3, 0.4) is 0 Å². The van der Waals surface area contributed by atoms with Gasteiger partial charge in [-0.1, -0.05) is 12.1 Å². The molecule has 1 atom stereocenters. The summed E-state index contributed by atoms with van der Waals surface area (Å²) in [4.78, 5) is 4.40. The normalized spacial score (nSPS) is 12.5. The largest absolute Gasteiger partial charge is 0.497 e. The van der Waals surface area contributed by atoms with Gasteiger partial charge in [-0.3, -0.25) is 0 Å². The fraction of sp³-hybridized carbons (Fsp3) is 0.278. The summed E-state index contributed by atoms with van der Waals surface area (Å²) < 4.78 is 7.18. The molecule has 0 aliphatic carbocycles. The van der Waals surface area contributed by atoms with Crippen molar-refractivity contribution in [2.75, 3.05) is 13.7 Å². The lowest BCUT2D eigenvalue weighted by Gasteiger charge is -2.12. The maximum atomic E-state index is 10.2. The number of imidazole rings is 1. The second-order valence-corrected chi connectivity index (χ2v) is 5.60. The number of hydrogen-bond acceptors (Lipinski definition) is 4. The summed E-state index contributed by atoms with van der Waals surface area (Å²) in [7, 11) is 1.63. The van der Waals surface area contributed by atoms with Crippen molar-refractivity contribution < 1.29 is 9.84 Å². The van der Waals surface area contributed by atoms with Gasteiger partial charge in [-0.2, -0.15) is 0 Å². The molecule has 5 nitrogen and oxygen atoms in total. The molecule has 2 N–H and O–H groups in total. The Morgan fingerprint density at radius 1 is 1.26 bits per heavy atom. The van der Waals surface area contributed by atoms with Crippen LogP contribution in [0.15, 0.2) is 48.8 Å². The number of aryl methyl sites for hydroxylation is 1. The number of ether oxygens (including phenoxy) is 1. The lowest BCUT2D eigenvalue weighted by atomic mass is 10.1. The molecule has 0 spiro atoms. The summed E-state index contributed by atoms with van der Waals surface area (Å²) in [6.07, 6.45) is 3.33. The highest BCUT2D eigenvalue weighted by molar-refractivity contribution is 5.42. The number of rotatable bonds is 6. The first kappa shape index (κ1) is 15.5. The molecule has 120 valence electrons. The number of methoxy groups -OCH3 is 1. The molecule has 0 aliphatic rings. The topological polar surface area (TPSA) is 58.8 Å². The molecule has 0 aliphatic heterocycles. The number of pyridine rings is 1. The summed E-state index contributed by atoms with van der Waals surface area (Å²) in [5.41, 5.74) is 4.07. The van der Waals surface area contributed by atoms with E-state index in [1.165, 1.54) is 5.56 Å². The van der Waals surface area contributed by atoms with Gasteiger partial charge in [0.05, 0.1) is 25.1 Å². The maximum Gasteiger partial charge on any atom is 0.137 e. The molecule has 0 amide bonds. The van der Waals surface area contributed by atoms with Crippen LogP contribution in [0.25, 0.3) is 5.65 Å². The van der Waals surface area contributed by atoms with Crippen LogP contribution < -0.4 is 10.1 Å². The van der Waals surface area contributed by atoms with Crippen molar-refractivity contribution in [3.05, 3.63) is 65.6 Å². The van der Waals surface area contributed by atoms with Crippen LogP contribution >= 0.6 is 0 Å². The van der Waals surface area contributed by atoms with E-state index in [2.05, 4.69) is 33.8 Å². The van der Waals surface area contributed by atoms with E-state index in [1.807, 2.05) is 36.7 Å². The molecule has 1 unspecified atom stereocenters. The molecular weight excluding hydrogens is 290 g/mol. The zero-order valence-electron chi connectivity index (χ0n) is 13.4. The van der Waals surface area contributed by atoms with Crippen LogP contribution in [0.1, 0.15) is 22.9 Å². The smallest absolute Gasteiger partial charge is 0.137 e. The third-order valence-electron chi connectivity index (χ3n) is 3.89. The first-order valence-electron chi connectivity index (χ1n) is 7.62. The van der Waals surface area contributed by atoms with E-state index in [9.17, 15) is 5.11 Å². The van der Waals surface area contributed by atoms with E-state index in [1.54, 1.807) is 7.11 Å². The van der Waals surface area contributed by atoms with Gasteiger partial charge in [0, 0.05) is 19.3 Å². The van der Waals surface area contributed by atoms with Crippen LogP contribution in [0, 0.1) is 6.92 Å². The molecule has 0 saturated carbocycles. The van der Waals surface area contributed by atoms with Gasteiger partial charge in [0.25, 0.3) is 0 Å². The number of nitrogens with one attached hydrogen (secondary N) is 1. The molecule has 3 rings (SSSR count). The van der Waals surface area contributed by atoms with Crippen molar-refractivity contribution in [2.24, 2.45) is 0 Å². The lowest BCUT2D eigenvalue weighted by molar-refractivity contribution is 0.174. The Morgan fingerprint density at radius 2 is 2.04 bits per heavy atom. The lowest BCUT2D eigenvalue weighted by Crippen LogP contribution is -2.21. The van der Waals surface area contributed by atoms with E-state index in [4.69, 9.17) is 4.74 Å². The Labute approximate surface area is 135 Å². The summed E-state index contributed by atoms with van der Waals surface area (Å²) in [6.45, 7) is 3.18. The zero-order chi connectivity index (χ0) is 16.2. The summed E-state index contributed by atoms with van der Waals surface area (Å²) >= 11 is 0. The Bertz CT molecular complexity index is 781. The molecule has 2 heterocycles. The summed E-state index contributed by atoms with van der Waals surface area (Å²) in [5, 5.41) is 13.5. The number of aromatic nitrogens is 2. The molecule has 2 aromatic heterocycles. The predicted molar refractivity (Wildman–Crippen MR) is 89.6 cm³/mol. The van der Waals surface area contributed by atoms with E-state index in [0.29, 0.717) is 13.1 Å². The molecule has 0 fully saturated rings. The number of hydrogen-bond donors (Lipinski definition) is 2. The van der Waals surface area contributed by atoms with Gasteiger partial charge >= 0.3 is 0 Å². The molecular formula is C18H21N3O2. The summed E-state index contributed by atoms with van der Waals surface area (Å²) in [5.74, 6) is 0.787. The van der Waals surface area contributed by atoms with Gasteiger partial charge in [0.2, 0.25) is 0 Å². The Kier molecular flexibility index (Phi) is 4.60. The summed E-state index contributed by atoms with van der Waals surface area (Å²) in [6, 6.07) is 11.6. The van der Waals surface area contributed by atoms with E-state index in [-0.39, 0.29) is 0 Å². The highest BCUT2D eigenvalue weighted by atomic mass is 16.5. The highest BCUT2D eigenvalue weighted by Gasteiger charge is 2.08. The highest BCUT2D eigenvalue weighted by Crippen LogP contribution is 2.17. The average molecular weight is 311 g/mol. The molecule has 3 aromatic rings. The van der Waals surface area contributed by atoms with Crippen molar-refractivity contribution in [3.63, 3.8) is 0 Å².